The maximum absolute atomic E-state index is 11.9. The summed E-state index contributed by atoms with van der Waals surface area (Å²) in [6.45, 7) is -1.50. The van der Waals surface area contributed by atoms with Crippen LogP contribution in [0.2, 0.25) is 5.31 Å². The molecule has 0 heterocycles. The number of allylic oxidation sites excluding steroid dienone is 1. The van der Waals surface area contributed by atoms with E-state index in [-0.39, 0.29) is 12.8 Å². The first-order valence-electron chi connectivity index (χ1n) is 2.85. The smallest absolute Gasteiger partial charge is 0.448 e. The van der Waals surface area contributed by atoms with E-state index in [2.05, 4.69) is 6.58 Å². The van der Waals surface area contributed by atoms with Crippen LogP contribution in [0.1, 0.15) is 12.8 Å². The molecule has 0 amide bonds. The van der Waals surface area contributed by atoms with Gasteiger partial charge in [-0.2, -0.15) is 0 Å². The Bertz CT molecular complexity index is 134. The summed E-state index contributed by atoms with van der Waals surface area (Å²) in [6.07, 6.45) is 1.53. The van der Waals surface area contributed by atoms with E-state index in [9.17, 15) is 12.9 Å². The first-order valence-corrected chi connectivity index (χ1v) is 2.85. The lowest BCUT2D eigenvalue weighted by atomic mass is 9.69. The van der Waals surface area contributed by atoms with Crippen LogP contribution in [0.15, 0.2) is 12.7 Å². The summed E-state index contributed by atoms with van der Waals surface area (Å²) in [6, 6.07) is 0. The molecule has 4 heteroatoms. The molecule has 0 aliphatic heterocycles. The second-order valence-electron chi connectivity index (χ2n) is 2.51. The fourth-order valence-corrected chi connectivity index (χ4v) is 0.809. The highest BCUT2D eigenvalue weighted by Crippen LogP contribution is 2.62. The molecule has 0 nitrogen and oxygen atoms in total. The highest BCUT2D eigenvalue weighted by Gasteiger charge is 2.55. The Kier molecular flexibility index (Phi) is 1.16. The standard InChI is InChI=1S/C5H7BF3/c1-2-5(3-4-5)6(7,8)9/h2H,1,3-4H2/q-1. The summed E-state index contributed by atoms with van der Waals surface area (Å²) in [5.41, 5.74) is 0. The average Bonchev–Trinajstić information content (AvgIpc) is 2.40. The average molecular weight is 135 g/mol. The van der Waals surface area contributed by atoms with Gasteiger partial charge in [0, 0.05) is 0 Å². The van der Waals surface area contributed by atoms with Crippen molar-refractivity contribution in [2.75, 3.05) is 0 Å². The predicted octanol–water partition coefficient (Wildman–Crippen LogP) is 2.55. The van der Waals surface area contributed by atoms with E-state index < -0.39 is 12.3 Å². The van der Waals surface area contributed by atoms with Crippen molar-refractivity contribution in [2.45, 2.75) is 18.2 Å². The molecule has 0 bridgehead atoms. The number of hydrogen-bond acceptors (Lipinski definition) is 0. The van der Waals surface area contributed by atoms with E-state index in [1.165, 1.54) is 0 Å². The summed E-state index contributed by atoms with van der Waals surface area (Å²) < 4.78 is 35.7. The molecule has 1 aliphatic rings. The second-order valence-corrected chi connectivity index (χ2v) is 2.51. The highest BCUT2D eigenvalue weighted by molar-refractivity contribution is 6.64. The monoisotopic (exact) mass is 135 g/mol. The Morgan fingerprint density at radius 1 is 1.33 bits per heavy atom. The molecule has 0 atom stereocenters. The molecule has 0 N–H and O–H groups in total. The van der Waals surface area contributed by atoms with E-state index in [1.54, 1.807) is 0 Å². The maximum atomic E-state index is 11.9. The topological polar surface area (TPSA) is 0 Å². The van der Waals surface area contributed by atoms with E-state index in [0.717, 1.165) is 6.08 Å². The molecule has 0 spiro atoms. The summed E-state index contributed by atoms with van der Waals surface area (Å²) in [5.74, 6) is 0. The molecule has 0 saturated heterocycles. The van der Waals surface area contributed by atoms with Gasteiger partial charge in [0.15, 0.2) is 0 Å². The van der Waals surface area contributed by atoms with Crippen molar-refractivity contribution in [1.29, 1.82) is 0 Å². The molecule has 1 saturated carbocycles. The van der Waals surface area contributed by atoms with Gasteiger partial charge in [-0.25, -0.2) is 0 Å². The van der Waals surface area contributed by atoms with Crippen molar-refractivity contribution in [3.8, 4) is 0 Å². The van der Waals surface area contributed by atoms with Crippen LogP contribution in [0.25, 0.3) is 0 Å². The predicted molar refractivity (Wildman–Crippen MR) is 31.2 cm³/mol. The Morgan fingerprint density at radius 2 is 1.78 bits per heavy atom. The van der Waals surface area contributed by atoms with Gasteiger partial charge in [0.05, 0.1) is 0 Å². The Balaban J connectivity index is 2.71. The number of hydrogen-bond donors (Lipinski definition) is 0. The van der Waals surface area contributed by atoms with Gasteiger partial charge in [0.2, 0.25) is 0 Å². The van der Waals surface area contributed by atoms with Gasteiger partial charge in [-0.3, -0.25) is 0 Å². The molecular formula is C5H7BF3-. The fourth-order valence-electron chi connectivity index (χ4n) is 0.809. The zero-order valence-electron chi connectivity index (χ0n) is 4.91. The van der Waals surface area contributed by atoms with Crippen LogP contribution < -0.4 is 0 Å². The lowest BCUT2D eigenvalue weighted by Gasteiger charge is -2.21. The molecule has 1 aliphatic carbocycles. The third kappa shape index (κ3) is 0.863. The van der Waals surface area contributed by atoms with Crippen LogP contribution in [0.4, 0.5) is 12.9 Å². The Hall–Kier alpha value is -0.405. The van der Waals surface area contributed by atoms with Crippen LogP contribution in [-0.4, -0.2) is 6.98 Å². The van der Waals surface area contributed by atoms with Crippen molar-refractivity contribution < 1.29 is 12.9 Å². The van der Waals surface area contributed by atoms with Crippen molar-refractivity contribution in [3.63, 3.8) is 0 Å². The largest absolute Gasteiger partial charge is 0.488 e. The van der Waals surface area contributed by atoms with Crippen molar-refractivity contribution in [3.05, 3.63) is 12.7 Å². The van der Waals surface area contributed by atoms with E-state index in [4.69, 9.17) is 0 Å². The van der Waals surface area contributed by atoms with Crippen LogP contribution in [0.5, 0.6) is 0 Å². The molecule has 0 radical (unpaired) electrons. The minimum atomic E-state index is -4.66. The Labute approximate surface area is 51.8 Å². The van der Waals surface area contributed by atoms with Crippen molar-refractivity contribution in [2.24, 2.45) is 0 Å². The second kappa shape index (κ2) is 1.55. The van der Waals surface area contributed by atoms with E-state index in [1.807, 2.05) is 0 Å². The fraction of sp³-hybridized carbons (Fsp3) is 0.600. The normalized spacial score (nSPS) is 23.4. The lowest BCUT2D eigenvalue weighted by Crippen LogP contribution is -2.23. The molecule has 52 valence electrons. The van der Waals surface area contributed by atoms with Gasteiger partial charge in [-0.05, 0) is 5.31 Å². The maximum Gasteiger partial charge on any atom is 0.488 e. The van der Waals surface area contributed by atoms with Crippen LogP contribution in [-0.2, 0) is 0 Å². The van der Waals surface area contributed by atoms with Gasteiger partial charge in [0.1, 0.15) is 0 Å². The lowest BCUT2D eigenvalue weighted by molar-refractivity contribution is 0.445. The molecule has 0 aromatic rings. The third-order valence-electron chi connectivity index (χ3n) is 1.89. The first-order chi connectivity index (χ1) is 4.02. The van der Waals surface area contributed by atoms with E-state index >= 15 is 0 Å². The van der Waals surface area contributed by atoms with Gasteiger partial charge < -0.3 is 12.9 Å². The van der Waals surface area contributed by atoms with Crippen LogP contribution in [0.3, 0.4) is 0 Å². The first kappa shape index (κ1) is 6.71. The molecule has 0 aromatic carbocycles. The minimum Gasteiger partial charge on any atom is -0.448 e. The minimum absolute atomic E-state index is 0.250. The quantitative estimate of drug-likeness (QED) is 0.403. The van der Waals surface area contributed by atoms with Gasteiger partial charge in [-0.15, -0.1) is 12.7 Å². The van der Waals surface area contributed by atoms with Gasteiger partial charge >= 0.3 is 6.98 Å². The molecule has 1 rings (SSSR count). The molecule has 1 fully saturated rings. The molecule has 9 heavy (non-hydrogen) atoms. The number of halogens is 3. The molecule has 0 aromatic heterocycles. The molecular weight excluding hydrogens is 128 g/mol. The zero-order valence-corrected chi connectivity index (χ0v) is 4.91. The summed E-state index contributed by atoms with van der Waals surface area (Å²) in [7, 11) is 0. The SMILES string of the molecule is C=CC1([B-](F)(F)F)CC1. The van der Waals surface area contributed by atoms with Gasteiger partial charge in [0.25, 0.3) is 0 Å². The summed E-state index contributed by atoms with van der Waals surface area (Å²) in [4.78, 5) is 0. The summed E-state index contributed by atoms with van der Waals surface area (Å²) >= 11 is 0. The Morgan fingerprint density at radius 3 is 1.78 bits per heavy atom. The summed E-state index contributed by atoms with van der Waals surface area (Å²) in [5, 5.41) is -1.44. The van der Waals surface area contributed by atoms with Crippen molar-refractivity contribution in [1.82, 2.24) is 0 Å². The molecule has 0 unspecified atom stereocenters. The third-order valence-corrected chi connectivity index (χ3v) is 1.89. The highest BCUT2D eigenvalue weighted by atomic mass is 19.4. The van der Waals surface area contributed by atoms with Crippen LogP contribution in [0, 0.1) is 0 Å². The van der Waals surface area contributed by atoms with Crippen molar-refractivity contribution >= 4 is 6.98 Å². The van der Waals surface area contributed by atoms with Gasteiger partial charge in [-0.1, -0.05) is 12.8 Å². The number of rotatable bonds is 2. The van der Waals surface area contributed by atoms with Crippen LogP contribution >= 0.6 is 0 Å². The zero-order chi connectivity index (χ0) is 7.12. The van der Waals surface area contributed by atoms with E-state index in [0.29, 0.717) is 0 Å².